The number of aromatic nitrogens is 2. The van der Waals surface area contributed by atoms with Gasteiger partial charge in [0.15, 0.2) is 5.82 Å². The molecule has 0 bridgehead atoms. The Bertz CT molecular complexity index is 1050. The molecule has 0 fully saturated rings. The normalized spacial score (nSPS) is 10.5. The molecule has 0 radical (unpaired) electrons. The Morgan fingerprint density at radius 1 is 1.10 bits per heavy atom. The zero-order valence-electron chi connectivity index (χ0n) is 16.9. The largest absolute Gasteiger partial charge is 0.497 e. The maximum absolute atomic E-state index is 12.4. The molecule has 30 heavy (non-hydrogen) atoms. The molecule has 0 aliphatic heterocycles. The fourth-order valence-corrected chi connectivity index (χ4v) is 3.03. The van der Waals surface area contributed by atoms with Gasteiger partial charge in [0.2, 0.25) is 0 Å². The third-order valence-electron chi connectivity index (χ3n) is 4.62. The highest BCUT2D eigenvalue weighted by Gasteiger charge is 2.15. The van der Waals surface area contributed by atoms with Crippen LogP contribution < -0.4 is 14.8 Å². The van der Waals surface area contributed by atoms with Gasteiger partial charge in [-0.15, -0.1) is 0 Å². The monoisotopic (exact) mass is 410 g/mol. The molecule has 9 heteroatoms. The third kappa shape index (κ3) is 4.93. The van der Waals surface area contributed by atoms with Crippen molar-refractivity contribution in [3.05, 3.63) is 75.0 Å². The van der Waals surface area contributed by atoms with Crippen LogP contribution in [0, 0.1) is 17.0 Å². The predicted octanol–water partition coefficient (Wildman–Crippen LogP) is 3.68. The molecule has 2 aromatic carbocycles. The Labute approximate surface area is 173 Å². The number of nitro groups is 1. The molecule has 1 amide bonds. The molecule has 1 heterocycles. The van der Waals surface area contributed by atoms with Crippen molar-refractivity contribution in [3.63, 3.8) is 0 Å². The average molecular weight is 410 g/mol. The number of hydrogen-bond acceptors (Lipinski definition) is 6. The smallest absolute Gasteiger partial charge is 0.272 e. The molecule has 9 nitrogen and oxygen atoms in total. The first-order valence-corrected chi connectivity index (χ1v) is 9.22. The second kappa shape index (κ2) is 9.08. The van der Waals surface area contributed by atoms with Crippen molar-refractivity contribution in [2.45, 2.75) is 19.8 Å². The summed E-state index contributed by atoms with van der Waals surface area (Å²) in [4.78, 5) is 22.8. The number of H-pyrrole nitrogens is 1. The molecule has 0 atom stereocenters. The van der Waals surface area contributed by atoms with Crippen LogP contribution in [0.5, 0.6) is 11.5 Å². The Kier molecular flexibility index (Phi) is 6.31. The second-order valence-electron chi connectivity index (χ2n) is 6.71. The van der Waals surface area contributed by atoms with Crippen LogP contribution in [-0.2, 0) is 12.8 Å². The van der Waals surface area contributed by atoms with E-state index >= 15 is 0 Å². The lowest BCUT2D eigenvalue weighted by atomic mass is 10.1. The molecular formula is C21H22N4O5. The van der Waals surface area contributed by atoms with E-state index in [1.807, 2.05) is 18.2 Å². The van der Waals surface area contributed by atoms with Crippen LogP contribution in [-0.4, -0.2) is 35.2 Å². The van der Waals surface area contributed by atoms with Gasteiger partial charge in [-0.3, -0.25) is 20.0 Å². The lowest BCUT2D eigenvalue weighted by Crippen LogP contribution is -2.12. The first-order chi connectivity index (χ1) is 14.4. The van der Waals surface area contributed by atoms with Crippen molar-refractivity contribution in [2.24, 2.45) is 0 Å². The molecule has 0 unspecified atom stereocenters. The lowest BCUT2D eigenvalue weighted by Gasteiger charge is -2.08. The quantitative estimate of drug-likeness (QED) is 0.432. The van der Waals surface area contributed by atoms with Crippen molar-refractivity contribution >= 4 is 17.4 Å². The second-order valence-corrected chi connectivity index (χ2v) is 6.71. The van der Waals surface area contributed by atoms with E-state index in [1.54, 1.807) is 27.2 Å². The minimum atomic E-state index is -0.477. The van der Waals surface area contributed by atoms with Crippen LogP contribution in [0.15, 0.2) is 42.5 Å². The van der Waals surface area contributed by atoms with Gasteiger partial charge in [0.1, 0.15) is 11.5 Å². The first-order valence-electron chi connectivity index (χ1n) is 9.22. The number of nitrogens with one attached hydrogen (secondary N) is 2. The van der Waals surface area contributed by atoms with Crippen LogP contribution in [0.4, 0.5) is 11.5 Å². The maximum atomic E-state index is 12.4. The summed E-state index contributed by atoms with van der Waals surface area (Å²) in [7, 11) is 3.21. The van der Waals surface area contributed by atoms with E-state index in [1.165, 1.54) is 18.2 Å². The topological polar surface area (TPSA) is 119 Å². The van der Waals surface area contributed by atoms with Crippen molar-refractivity contribution in [2.75, 3.05) is 19.5 Å². The number of nitro benzene ring substituents is 1. The summed E-state index contributed by atoms with van der Waals surface area (Å²) in [6.45, 7) is 1.59. The number of aryl methyl sites for hydroxylation is 3. The van der Waals surface area contributed by atoms with Gasteiger partial charge in [-0.2, -0.15) is 5.10 Å². The molecule has 2 N–H and O–H groups in total. The molecule has 0 saturated heterocycles. The summed E-state index contributed by atoms with van der Waals surface area (Å²) in [6, 6.07) is 11.7. The average Bonchev–Trinajstić information content (AvgIpc) is 3.18. The van der Waals surface area contributed by atoms with Gasteiger partial charge in [-0.1, -0.05) is 0 Å². The third-order valence-corrected chi connectivity index (χ3v) is 4.62. The van der Waals surface area contributed by atoms with Crippen LogP contribution in [0.3, 0.4) is 0 Å². The number of rotatable bonds is 8. The van der Waals surface area contributed by atoms with Crippen molar-refractivity contribution in [1.29, 1.82) is 0 Å². The zero-order chi connectivity index (χ0) is 21.7. The highest BCUT2D eigenvalue weighted by molar-refractivity contribution is 6.04. The Hall–Kier alpha value is -3.88. The number of ether oxygens (including phenoxy) is 2. The highest BCUT2D eigenvalue weighted by atomic mass is 16.6. The summed E-state index contributed by atoms with van der Waals surface area (Å²) in [5, 5.41) is 20.6. The van der Waals surface area contributed by atoms with Crippen LogP contribution in [0.2, 0.25) is 0 Å². The summed E-state index contributed by atoms with van der Waals surface area (Å²) >= 11 is 0. The van der Waals surface area contributed by atoms with E-state index in [4.69, 9.17) is 9.47 Å². The molecule has 1 aromatic heterocycles. The SMILES string of the molecule is COc1cc(CCc2cc(NC(=O)c3ccc([N+](=O)[O-])c(C)c3)n[nH]2)cc(OC)c1. The number of benzene rings is 2. The number of amides is 1. The molecule has 0 aliphatic carbocycles. The van der Waals surface area contributed by atoms with Crippen LogP contribution in [0.1, 0.15) is 27.2 Å². The Balaban J connectivity index is 1.63. The molecule has 0 spiro atoms. The zero-order valence-corrected chi connectivity index (χ0v) is 16.9. The van der Waals surface area contributed by atoms with E-state index in [2.05, 4.69) is 15.5 Å². The van der Waals surface area contributed by atoms with Crippen LogP contribution in [0.25, 0.3) is 0 Å². The lowest BCUT2D eigenvalue weighted by molar-refractivity contribution is -0.385. The predicted molar refractivity (Wildman–Crippen MR) is 111 cm³/mol. The number of carbonyl (C=O) groups is 1. The van der Waals surface area contributed by atoms with Crippen molar-refractivity contribution < 1.29 is 19.2 Å². The molecule has 156 valence electrons. The van der Waals surface area contributed by atoms with Gasteiger partial charge in [0.05, 0.1) is 19.1 Å². The molecule has 3 aromatic rings. The van der Waals surface area contributed by atoms with E-state index in [0.717, 1.165) is 29.2 Å². The van der Waals surface area contributed by atoms with Gasteiger partial charge < -0.3 is 14.8 Å². The number of hydrogen-bond donors (Lipinski definition) is 2. The summed E-state index contributed by atoms with van der Waals surface area (Å²) in [5.74, 6) is 1.44. The molecular weight excluding hydrogens is 388 g/mol. The van der Waals surface area contributed by atoms with Gasteiger partial charge in [0.25, 0.3) is 11.6 Å². The van der Waals surface area contributed by atoms with Crippen molar-refractivity contribution in [3.8, 4) is 11.5 Å². The number of aromatic amines is 1. The fraction of sp³-hybridized carbons (Fsp3) is 0.238. The minimum Gasteiger partial charge on any atom is -0.497 e. The maximum Gasteiger partial charge on any atom is 0.272 e. The Morgan fingerprint density at radius 3 is 2.40 bits per heavy atom. The van der Waals surface area contributed by atoms with Crippen LogP contribution >= 0.6 is 0 Å². The van der Waals surface area contributed by atoms with Gasteiger partial charge >= 0.3 is 0 Å². The van der Waals surface area contributed by atoms with E-state index in [0.29, 0.717) is 23.4 Å². The fourth-order valence-electron chi connectivity index (χ4n) is 3.03. The molecule has 0 aliphatic rings. The standard InChI is InChI=1S/C21H22N4O5/c1-13-8-15(5-7-19(13)25(27)28)21(26)22-20-11-16(23-24-20)6-4-14-9-17(29-2)12-18(10-14)30-3/h5,7-12H,4,6H2,1-3H3,(H2,22,23,24,26). The van der Waals surface area contributed by atoms with Gasteiger partial charge in [-0.25, -0.2) is 0 Å². The highest BCUT2D eigenvalue weighted by Crippen LogP contribution is 2.24. The van der Waals surface area contributed by atoms with E-state index in [-0.39, 0.29) is 11.6 Å². The summed E-state index contributed by atoms with van der Waals surface area (Å²) in [5.41, 5.74) is 2.62. The summed E-state index contributed by atoms with van der Waals surface area (Å²) in [6.07, 6.45) is 1.40. The minimum absolute atomic E-state index is 0.0252. The van der Waals surface area contributed by atoms with Crippen molar-refractivity contribution in [1.82, 2.24) is 10.2 Å². The number of carbonyl (C=O) groups excluding carboxylic acids is 1. The van der Waals surface area contributed by atoms with Gasteiger partial charge in [0, 0.05) is 35.0 Å². The first kappa shape index (κ1) is 20.8. The molecule has 3 rings (SSSR count). The number of nitrogens with zero attached hydrogens (tertiary/aromatic N) is 2. The summed E-state index contributed by atoms with van der Waals surface area (Å²) < 4.78 is 10.6. The Morgan fingerprint density at radius 2 is 1.80 bits per heavy atom. The number of methoxy groups -OCH3 is 2. The van der Waals surface area contributed by atoms with Gasteiger partial charge in [-0.05, 0) is 49.6 Å². The van der Waals surface area contributed by atoms with E-state index < -0.39 is 4.92 Å². The molecule has 0 saturated carbocycles. The number of anilines is 1. The van der Waals surface area contributed by atoms with E-state index in [9.17, 15) is 14.9 Å².